The zero-order chi connectivity index (χ0) is 14.7. The highest BCUT2D eigenvalue weighted by Gasteiger charge is 2.30. The van der Waals surface area contributed by atoms with E-state index in [-0.39, 0.29) is 18.4 Å². The van der Waals surface area contributed by atoms with Gasteiger partial charge in [-0.15, -0.1) is 0 Å². The van der Waals surface area contributed by atoms with Crippen LogP contribution in [0, 0.1) is 5.92 Å². The van der Waals surface area contributed by atoms with E-state index in [1.54, 1.807) is 18.2 Å². The molecule has 0 aliphatic carbocycles. The molecule has 5 heteroatoms. The predicted octanol–water partition coefficient (Wildman–Crippen LogP) is 3.27. The molecule has 0 radical (unpaired) electrons. The molecule has 2 unspecified atom stereocenters. The van der Waals surface area contributed by atoms with Gasteiger partial charge in [0.15, 0.2) is 5.78 Å². The molecule has 1 aliphatic rings. The Labute approximate surface area is 129 Å². The number of hydrogen-bond acceptors (Lipinski definition) is 3. The molecular formula is C15H19Cl2NO2. The second kappa shape index (κ2) is 6.90. The molecule has 0 aromatic heterocycles. The van der Waals surface area contributed by atoms with Crippen molar-refractivity contribution in [3.63, 3.8) is 0 Å². The van der Waals surface area contributed by atoms with Crippen LogP contribution in [0.4, 0.5) is 0 Å². The Kier molecular flexibility index (Phi) is 5.44. The smallest absolute Gasteiger partial charge is 0.165 e. The van der Waals surface area contributed by atoms with Gasteiger partial charge in [0.1, 0.15) is 0 Å². The van der Waals surface area contributed by atoms with Crippen LogP contribution < -0.4 is 0 Å². The molecule has 3 nitrogen and oxygen atoms in total. The predicted molar refractivity (Wildman–Crippen MR) is 81.6 cm³/mol. The number of hydrogen-bond donors (Lipinski definition) is 1. The van der Waals surface area contributed by atoms with Gasteiger partial charge in [-0.25, -0.2) is 0 Å². The van der Waals surface area contributed by atoms with E-state index in [9.17, 15) is 9.90 Å². The fourth-order valence-corrected chi connectivity index (χ4v) is 3.17. The summed E-state index contributed by atoms with van der Waals surface area (Å²) in [7, 11) is 0. The lowest BCUT2D eigenvalue weighted by Gasteiger charge is -2.24. The maximum Gasteiger partial charge on any atom is 0.165 e. The summed E-state index contributed by atoms with van der Waals surface area (Å²) in [5.74, 6) is 0.471. The summed E-state index contributed by atoms with van der Waals surface area (Å²) >= 11 is 12.0. The van der Waals surface area contributed by atoms with Gasteiger partial charge in [-0.2, -0.15) is 0 Å². The van der Waals surface area contributed by atoms with E-state index in [0.717, 1.165) is 13.0 Å². The summed E-state index contributed by atoms with van der Waals surface area (Å²) in [4.78, 5) is 14.4. The highest BCUT2D eigenvalue weighted by atomic mass is 35.5. The van der Waals surface area contributed by atoms with Crippen LogP contribution in [0.5, 0.6) is 0 Å². The van der Waals surface area contributed by atoms with Crippen molar-refractivity contribution in [2.75, 3.05) is 19.7 Å². The van der Waals surface area contributed by atoms with E-state index >= 15 is 0 Å². The summed E-state index contributed by atoms with van der Waals surface area (Å²) in [6, 6.07) is 5.27. The first kappa shape index (κ1) is 15.8. The summed E-state index contributed by atoms with van der Waals surface area (Å²) < 4.78 is 0. The fraction of sp³-hybridized carbons (Fsp3) is 0.533. The number of carbonyl (C=O) groups is 1. The maximum atomic E-state index is 12.2. The second-order valence-corrected chi connectivity index (χ2v) is 6.11. The van der Waals surface area contributed by atoms with Crippen LogP contribution in [0.25, 0.3) is 0 Å². The van der Waals surface area contributed by atoms with Gasteiger partial charge in [-0.05, 0) is 31.0 Å². The Morgan fingerprint density at radius 2 is 2.20 bits per heavy atom. The molecule has 1 aromatic carbocycles. The molecule has 1 aromatic rings. The van der Waals surface area contributed by atoms with Crippen LogP contribution in [0.2, 0.25) is 10.0 Å². The summed E-state index contributed by atoms with van der Waals surface area (Å²) in [5.41, 5.74) is 0.479. The third kappa shape index (κ3) is 3.34. The van der Waals surface area contributed by atoms with Crippen molar-refractivity contribution in [3.8, 4) is 0 Å². The second-order valence-electron chi connectivity index (χ2n) is 5.33. The first-order valence-electron chi connectivity index (χ1n) is 6.86. The normalized spacial score (nSPS) is 23.2. The summed E-state index contributed by atoms with van der Waals surface area (Å²) in [6.07, 6.45) is 1.46. The monoisotopic (exact) mass is 315 g/mol. The highest BCUT2D eigenvalue weighted by Crippen LogP contribution is 2.27. The Morgan fingerprint density at radius 1 is 1.45 bits per heavy atom. The molecule has 2 rings (SSSR count). The molecular weight excluding hydrogens is 297 g/mol. The third-order valence-corrected chi connectivity index (χ3v) is 4.88. The molecule has 2 atom stereocenters. The van der Waals surface area contributed by atoms with Gasteiger partial charge in [0.2, 0.25) is 0 Å². The van der Waals surface area contributed by atoms with E-state index < -0.39 is 0 Å². The van der Waals surface area contributed by atoms with Gasteiger partial charge in [0.25, 0.3) is 0 Å². The van der Waals surface area contributed by atoms with Crippen LogP contribution in [0.1, 0.15) is 30.1 Å². The molecule has 20 heavy (non-hydrogen) atoms. The molecule has 0 amide bonds. The molecule has 110 valence electrons. The van der Waals surface area contributed by atoms with Crippen molar-refractivity contribution in [1.29, 1.82) is 0 Å². The molecule has 0 spiro atoms. The van der Waals surface area contributed by atoms with Gasteiger partial charge in [0, 0.05) is 24.6 Å². The van der Waals surface area contributed by atoms with Crippen molar-refractivity contribution in [2.24, 2.45) is 5.92 Å². The minimum absolute atomic E-state index is 0.00579. The average molecular weight is 316 g/mol. The number of benzene rings is 1. The Morgan fingerprint density at radius 3 is 2.90 bits per heavy atom. The van der Waals surface area contributed by atoms with Gasteiger partial charge in [0.05, 0.1) is 16.7 Å². The van der Waals surface area contributed by atoms with Gasteiger partial charge >= 0.3 is 0 Å². The number of aliphatic hydroxyl groups is 1. The fourth-order valence-electron chi connectivity index (χ4n) is 2.76. The number of halogens is 2. The zero-order valence-electron chi connectivity index (χ0n) is 11.5. The Bertz CT molecular complexity index is 493. The van der Waals surface area contributed by atoms with Crippen LogP contribution in [-0.4, -0.2) is 41.5 Å². The highest BCUT2D eigenvalue weighted by molar-refractivity contribution is 6.43. The molecule has 0 bridgehead atoms. The number of Topliss-reactive ketones (excluding diaryl/α,β-unsaturated/α-hetero) is 1. The van der Waals surface area contributed by atoms with Crippen molar-refractivity contribution in [1.82, 2.24) is 4.90 Å². The van der Waals surface area contributed by atoms with Crippen LogP contribution in [0.3, 0.4) is 0 Å². The van der Waals surface area contributed by atoms with Crippen LogP contribution in [0.15, 0.2) is 18.2 Å². The van der Waals surface area contributed by atoms with E-state index in [4.69, 9.17) is 23.2 Å². The van der Waals surface area contributed by atoms with Crippen LogP contribution >= 0.6 is 23.2 Å². The lowest BCUT2D eigenvalue weighted by atomic mass is 10.0. The summed E-state index contributed by atoms with van der Waals surface area (Å²) in [6.45, 7) is 3.87. The first-order valence-corrected chi connectivity index (χ1v) is 7.62. The third-order valence-electron chi connectivity index (χ3n) is 4.06. The van der Waals surface area contributed by atoms with E-state index in [2.05, 4.69) is 11.8 Å². The quantitative estimate of drug-likeness (QED) is 0.848. The molecule has 0 saturated carbocycles. The molecule has 1 heterocycles. The van der Waals surface area contributed by atoms with E-state index in [1.807, 2.05) is 0 Å². The molecule has 1 fully saturated rings. The lowest BCUT2D eigenvalue weighted by Crippen LogP contribution is -2.36. The van der Waals surface area contributed by atoms with E-state index in [0.29, 0.717) is 34.5 Å². The van der Waals surface area contributed by atoms with Crippen molar-refractivity contribution >= 4 is 29.0 Å². The van der Waals surface area contributed by atoms with Crippen molar-refractivity contribution in [3.05, 3.63) is 33.8 Å². The van der Waals surface area contributed by atoms with Crippen molar-refractivity contribution in [2.45, 2.75) is 25.8 Å². The number of ketones is 1. The largest absolute Gasteiger partial charge is 0.395 e. The molecule has 1 aliphatic heterocycles. The van der Waals surface area contributed by atoms with E-state index in [1.165, 1.54) is 0 Å². The maximum absolute atomic E-state index is 12.2. The lowest BCUT2D eigenvalue weighted by molar-refractivity contribution is 0.0934. The Balaban J connectivity index is 1.97. The Hall–Kier alpha value is -0.610. The number of carbonyl (C=O) groups excluding carboxylic acids is 1. The minimum atomic E-state index is -0.00579. The zero-order valence-corrected chi connectivity index (χ0v) is 13.0. The van der Waals surface area contributed by atoms with Crippen molar-refractivity contribution < 1.29 is 9.90 Å². The van der Waals surface area contributed by atoms with Gasteiger partial charge in [-0.1, -0.05) is 36.2 Å². The standard InChI is InChI=1S/C15H19Cl2NO2/c1-10-5-7-18(13(10)9-19)8-6-14(20)11-3-2-4-12(16)15(11)17/h2-4,10,13,19H,5-9H2,1H3. The van der Waals surface area contributed by atoms with Gasteiger partial charge in [-0.3, -0.25) is 9.69 Å². The van der Waals surface area contributed by atoms with Crippen LogP contribution in [-0.2, 0) is 0 Å². The number of nitrogens with zero attached hydrogens (tertiary/aromatic N) is 1. The van der Waals surface area contributed by atoms with Gasteiger partial charge < -0.3 is 5.11 Å². The number of rotatable bonds is 5. The average Bonchev–Trinajstić information content (AvgIpc) is 2.79. The first-order chi connectivity index (χ1) is 9.54. The topological polar surface area (TPSA) is 40.5 Å². The number of likely N-dealkylation sites (tertiary alicyclic amines) is 1. The SMILES string of the molecule is CC1CCN(CCC(=O)c2cccc(Cl)c2Cl)C1CO. The number of aliphatic hydroxyl groups excluding tert-OH is 1. The molecule has 1 saturated heterocycles. The summed E-state index contributed by atoms with van der Waals surface area (Å²) in [5, 5.41) is 10.1. The minimum Gasteiger partial charge on any atom is -0.395 e. The molecule has 1 N–H and O–H groups in total.